The van der Waals surface area contributed by atoms with Crippen LogP contribution in [0.3, 0.4) is 0 Å². The lowest BCUT2D eigenvalue weighted by Gasteiger charge is -2.18. The second-order valence-electron chi connectivity index (χ2n) is 4.40. The number of benzene rings is 1. The summed E-state index contributed by atoms with van der Waals surface area (Å²) in [7, 11) is 1.66. The Kier molecular flexibility index (Phi) is 5.45. The summed E-state index contributed by atoms with van der Waals surface area (Å²) < 4.78 is 11.0. The van der Waals surface area contributed by atoms with E-state index in [9.17, 15) is 0 Å². The van der Waals surface area contributed by atoms with Gasteiger partial charge in [0.2, 0.25) is 0 Å². The van der Waals surface area contributed by atoms with Gasteiger partial charge in [-0.05, 0) is 26.3 Å². The molecule has 1 aromatic rings. The second-order valence-corrected chi connectivity index (χ2v) is 4.40. The van der Waals surface area contributed by atoms with Gasteiger partial charge in [-0.3, -0.25) is 0 Å². The fraction of sp³-hybridized carbons (Fsp3) is 0.571. The minimum Gasteiger partial charge on any atom is -0.496 e. The fourth-order valence-corrected chi connectivity index (χ4v) is 1.62. The summed E-state index contributed by atoms with van der Waals surface area (Å²) >= 11 is 0. The SMILES string of the molecule is CCC(C)OCC(N)c1cc(C)ccc1OC. The van der Waals surface area contributed by atoms with Crippen molar-refractivity contribution >= 4 is 0 Å². The molecule has 0 aliphatic heterocycles. The number of aryl methyl sites for hydroxylation is 1. The van der Waals surface area contributed by atoms with Crippen LogP contribution >= 0.6 is 0 Å². The monoisotopic (exact) mass is 237 g/mol. The van der Waals surface area contributed by atoms with Crippen LogP contribution in [0.1, 0.15) is 37.4 Å². The molecule has 3 nitrogen and oxygen atoms in total. The van der Waals surface area contributed by atoms with E-state index >= 15 is 0 Å². The molecule has 1 rings (SSSR count). The maximum atomic E-state index is 6.14. The van der Waals surface area contributed by atoms with E-state index in [1.54, 1.807) is 7.11 Å². The highest BCUT2D eigenvalue weighted by atomic mass is 16.5. The van der Waals surface area contributed by atoms with Crippen LogP contribution in [0.5, 0.6) is 5.75 Å². The maximum Gasteiger partial charge on any atom is 0.123 e. The van der Waals surface area contributed by atoms with Gasteiger partial charge in [0, 0.05) is 5.56 Å². The van der Waals surface area contributed by atoms with Crippen molar-refractivity contribution in [1.82, 2.24) is 0 Å². The van der Waals surface area contributed by atoms with Crippen molar-refractivity contribution < 1.29 is 9.47 Å². The van der Waals surface area contributed by atoms with Gasteiger partial charge in [-0.25, -0.2) is 0 Å². The van der Waals surface area contributed by atoms with E-state index in [0.29, 0.717) is 6.61 Å². The molecule has 0 aliphatic carbocycles. The summed E-state index contributed by atoms with van der Waals surface area (Å²) in [5.41, 5.74) is 8.33. The van der Waals surface area contributed by atoms with Crippen LogP contribution in [-0.4, -0.2) is 19.8 Å². The van der Waals surface area contributed by atoms with Gasteiger partial charge in [-0.15, -0.1) is 0 Å². The summed E-state index contributed by atoms with van der Waals surface area (Å²) in [6.45, 7) is 6.73. The number of rotatable bonds is 6. The smallest absolute Gasteiger partial charge is 0.123 e. The number of ether oxygens (including phenoxy) is 2. The van der Waals surface area contributed by atoms with E-state index < -0.39 is 0 Å². The molecule has 0 radical (unpaired) electrons. The molecule has 0 amide bonds. The molecule has 96 valence electrons. The number of hydrogen-bond donors (Lipinski definition) is 1. The highest BCUT2D eigenvalue weighted by molar-refractivity contribution is 5.39. The Morgan fingerprint density at radius 3 is 2.65 bits per heavy atom. The molecule has 0 bridgehead atoms. The van der Waals surface area contributed by atoms with Crippen LogP contribution in [0.2, 0.25) is 0 Å². The molecular weight excluding hydrogens is 214 g/mol. The Morgan fingerprint density at radius 2 is 2.06 bits per heavy atom. The molecular formula is C14H23NO2. The number of nitrogens with two attached hydrogens (primary N) is 1. The van der Waals surface area contributed by atoms with Crippen molar-refractivity contribution in [1.29, 1.82) is 0 Å². The van der Waals surface area contributed by atoms with Gasteiger partial charge in [-0.1, -0.05) is 24.6 Å². The quantitative estimate of drug-likeness (QED) is 0.827. The standard InChI is InChI=1S/C14H23NO2/c1-5-11(3)17-9-13(15)12-8-10(2)6-7-14(12)16-4/h6-8,11,13H,5,9,15H2,1-4H3. The zero-order valence-electron chi connectivity index (χ0n) is 11.2. The van der Waals surface area contributed by atoms with Crippen molar-refractivity contribution in [3.05, 3.63) is 29.3 Å². The minimum absolute atomic E-state index is 0.140. The molecule has 0 spiro atoms. The van der Waals surface area contributed by atoms with Crippen molar-refractivity contribution in [2.75, 3.05) is 13.7 Å². The molecule has 1 aromatic carbocycles. The third-order valence-electron chi connectivity index (χ3n) is 2.92. The summed E-state index contributed by atoms with van der Waals surface area (Å²) in [5, 5.41) is 0. The van der Waals surface area contributed by atoms with Crippen LogP contribution < -0.4 is 10.5 Å². The average Bonchev–Trinajstić information content (AvgIpc) is 2.35. The average molecular weight is 237 g/mol. The largest absolute Gasteiger partial charge is 0.496 e. The van der Waals surface area contributed by atoms with E-state index in [0.717, 1.165) is 17.7 Å². The van der Waals surface area contributed by atoms with E-state index in [1.165, 1.54) is 5.56 Å². The third kappa shape index (κ3) is 4.02. The van der Waals surface area contributed by atoms with Crippen molar-refractivity contribution in [2.45, 2.75) is 39.3 Å². The van der Waals surface area contributed by atoms with Gasteiger partial charge in [0.1, 0.15) is 5.75 Å². The lowest BCUT2D eigenvalue weighted by Crippen LogP contribution is -2.21. The number of hydrogen-bond acceptors (Lipinski definition) is 3. The zero-order valence-corrected chi connectivity index (χ0v) is 11.2. The molecule has 0 fully saturated rings. The highest BCUT2D eigenvalue weighted by Gasteiger charge is 2.13. The van der Waals surface area contributed by atoms with E-state index in [2.05, 4.69) is 19.9 Å². The summed E-state index contributed by atoms with van der Waals surface area (Å²) in [6, 6.07) is 5.89. The first-order chi connectivity index (χ1) is 8.08. The first kappa shape index (κ1) is 14.0. The van der Waals surface area contributed by atoms with Crippen molar-refractivity contribution in [2.24, 2.45) is 5.73 Å². The molecule has 0 heterocycles. The lowest BCUT2D eigenvalue weighted by molar-refractivity contribution is 0.0535. The number of methoxy groups -OCH3 is 1. The van der Waals surface area contributed by atoms with E-state index in [4.69, 9.17) is 15.2 Å². The van der Waals surface area contributed by atoms with E-state index in [-0.39, 0.29) is 12.1 Å². The second kappa shape index (κ2) is 6.62. The molecule has 2 atom stereocenters. The zero-order chi connectivity index (χ0) is 12.8. The molecule has 2 N–H and O–H groups in total. The summed E-state index contributed by atoms with van der Waals surface area (Å²) in [5.74, 6) is 0.829. The summed E-state index contributed by atoms with van der Waals surface area (Å²) in [4.78, 5) is 0. The van der Waals surface area contributed by atoms with Gasteiger partial charge in [0.15, 0.2) is 0 Å². The molecule has 2 unspecified atom stereocenters. The first-order valence-electron chi connectivity index (χ1n) is 6.10. The van der Waals surface area contributed by atoms with Crippen LogP contribution in [0.25, 0.3) is 0 Å². The van der Waals surface area contributed by atoms with E-state index in [1.807, 2.05) is 19.1 Å². The molecule has 0 saturated carbocycles. The van der Waals surface area contributed by atoms with Crippen LogP contribution in [-0.2, 0) is 4.74 Å². The molecule has 0 aliphatic rings. The van der Waals surface area contributed by atoms with Gasteiger partial charge >= 0.3 is 0 Å². The lowest BCUT2D eigenvalue weighted by atomic mass is 10.0. The van der Waals surface area contributed by atoms with Crippen LogP contribution in [0.4, 0.5) is 0 Å². The normalized spacial score (nSPS) is 14.4. The topological polar surface area (TPSA) is 44.5 Å². The molecule has 0 aromatic heterocycles. The Morgan fingerprint density at radius 1 is 1.35 bits per heavy atom. The van der Waals surface area contributed by atoms with Gasteiger partial charge in [0.05, 0.1) is 25.9 Å². The molecule has 0 saturated heterocycles. The van der Waals surface area contributed by atoms with Crippen molar-refractivity contribution in [3.63, 3.8) is 0 Å². The fourth-order valence-electron chi connectivity index (χ4n) is 1.62. The molecule has 17 heavy (non-hydrogen) atoms. The predicted octanol–water partition coefficient (Wildman–Crippen LogP) is 2.82. The van der Waals surface area contributed by atoms with Crippen LogP contribution in [0.15, 0.2) is 18.2 Å². The molecule has 3 heteroatoms. The third-order valence-corrected chi connectivity index (χ3v) is 2.92. The first-order valence-corrected chi connectivity index (χ1v) is 6.10. The van der Waals surface area contributed by atoms with Gasteiger partial charge in [0.25, 0.3) is 0 Å². The maximum absolute atomic E-state index is 6.14. The Hall–Kier alpha value is -1.06. The van der Waals surface area contributed by atoms with Crippen LogP contribution in [0, 0.1) is 6.92 Å². The predicted molar refractivity (Wildman–Crippen MR) is 70.4 cm³/mol. The Balaban J connectivity index is 2.73. The van der Waals surface area contributed by atoms with Gasteiger partial charge in [-0.2, -0.15) is 0 Å². The Labute approximate surface area is 104 Å². The van der Waals surface area contributed by atoms with Gasteiger partial charge < -0.3 is 15.2 Å². The summed E-state index contributed by atoms with van der Waals surface area (Å²) in [6.07, 6.45) is 1.24. The Bertz CT molecular complexity index is 352. The van der Waals surface area contributed by atoms with Crippen molar-refractivity contribution in [3.8, 4) is 5.75 Å². The highest BCUT2D eigenvalue weighted by Crippen LogP contribution is 2.25. The minimum atomic E-state index is -0.140.